The van der Waals surface area contributed by atoms with E-state index in [0.717, 1.165) is 11.3 Å². The van der Waals surface area contributed by atoms with Gasteiger partial charge in [0.1, 0.15) is 16.7 Å². The maximum absolute atomic E-state index is 12.6. The summed E-state index contributed by atoms with van der Waals surface area (Å²) in [6.45, 7) is 0.152. The SMILES string of the molecule is O=C(NCc1cccc(O)c1)c1ccc(C(=O)N[C@@H](CCNC(=O)c2sccc2Cl)C(=O)O)c(Cl)c1. The number of benzene rings is 2. The van der Waals surface area contributed by atoms with Crippen LogP contribution in [0, 0.1) is 0 Å². The number of carbonyl (C=O) groups is 4. The zero-order chi connectivity index (χ0) is 26.2. The molecule has 0 unspecified atom stereocenters. The monoisotopic (exact) mass is 549 g/mol. The van der Waals surface area contributed by atoms with Crippen LogP contribution in [0.5, 0.6) is 5.75 Å². The van der Waals surface area contributed by atoms with Crippen LogP contribution >= 0.6 is 34.5 Å². The lowest BCUT2D eigenvalue weighted by molar-refractivity contribution is -0.139. The first-order valence-electron chi connectivity index (χ1n) is 10.6. The largest absolute Gasteiger partial charge is 0.508 e. The quantitative estimate of drug-likeness (QED) is 0.260. The number of nitrogens with one attached hydrogen (secondary N) is 3. The van der Waals surface area contributed by atoms with Crippen LogP contribution in [-0.2, 0) is 11.3 Å². The van der Waals surface area contributed by atoms with Crippen LogP contribution in [-0.4, -0.2) is 46.5 Å². The molecule has 36 heavy (non-hydrogen) atoms. The van der Waals surface area contributed by atoms with Crippen molar-refractivity contribution in [3.63, 3.8) is 0 Å². The molecule has 2 aromatic carbocycles. The van der Waals surface area contributed by atoms with Gasteiger partial charge >= 0.3 is 5.97 Å². The van der Waals surface area contributed by atoms with Crippen LogP contribution in [0.4, 0.5) is 0 Å². The molecule has 0 radical (unpaired) electrons. The number of hydrogen-bond acceptors (Lipinski definition) is 6. The number of carboxylic acids is 1. The van der Waals surface area contributed by atoms with Gasteiger partial charge in [0.15, 0.2) is 0 Å². The number of carboxylic acid groups (broad SMARTS) is 1. The molecule has 3 aromatic rings. The molecule has 0 aliphatic carbocycles. The van der Waals surface area contributed by atoms with Gasteiger partial charge in [-0.2, -0.15) is 0 Å². The number of carbonyl (C=O) groups excluding carboxylic acids is 3. The van der Waals surface area contributed by atoms with Crippen LogP contribution in [0.25, 0.3) is 0 Å². The summed E-state index contributed by atoms with van der Waals surface area (Å²) in [5, 5.41) is 28.5. The summed E-state index contributed by atoms with van der Waals surface area (Å²) in [4.78, 5) is 49.1. The molecule has 0 bridgehead atoms. The van der Waals surface area contributed by atoms with E-state index in [-0.39, 0.29) is 41.4 Å². The molecule has 9 nitrogen and oxygen atoms in total. The molecule has 3 amide bonds. The number of phenols is 1. The van der Waals surface area contributed by atoms with Crippen LogP contribution in [0.3, 0.4) is 0 Å². The average Bonchev–Trinajstić information content (AvgIpc) is 3.27. The molecule has 1 heterocycles. The van der Waals surface area contributed by atoms with Gasteiger partial charge in [0.25, 0.3) is 17.7 Å². The Hall–Kier alpha value is -3.60. The fourth-order valence-electron chi connectivity index (χ4n) is 3.15. The summed E-state index contributed by atoms with van der Waals surface area (Å²) in [6.07, 6.45) is -0.0804. The van der Waals surface area contributed by atoms with Crippen molar-refractivity contribution in [2.75, 3.05) is 6.54 Å². The topological polar surface area (TPSA) is 145 Å². The minimum Gasteiger partial charge on any atom is -0.508 e. The predicted octanol–water partition coefficient (Wildman–Crippen LogP) is 3.69. The molecule has 5 N–H and O–H groups in total. The summed E-state index contributed by atoms with van der Waals surface area (Å²) in [6, 6.07) is 10.7. The Morgan fingerprint density at radius 2 is 1.69 bits per heavy atom. The van der Waals surface area contributed by atoms with E-state index in [1.54, 1.807) is 23.6 Å². The number of amides is 3. The van der Waals surface area contributed by atoms with Gasteiger partial charge in [0.2, 0.25) is 0 Å². The van der Waals surface area contributed by atoms with E-state index in [1.165, 1.54) is 30.3 Å². The lowest BCUT2D eigenvalue weighted by Crippen LogP contribution is -2.43. The van der Waals surface area contributed by atoms with Crippen molar-refractivity contribution in [2.24, 2.45) is 0 Å². The predicted molar refractivity (Wildman–Crippen MR) is 136 cm³/mol. The number of aromatic hydroxyl groups is 1. The van der Waals surface area contributed by atoms with Gasteiger partial charge in [0.05, 0.1) is 15.6 Å². The molecule has 0 aliphatic rings. The van der Waals surface area contributed by atoms with Crippen molar-refractivity contribution >= 4 is 58.2 Å². The lowest BCUT2D eigenvalue weighted by Gasteiger charge is -2.16. The molecular formula is C24H21Cl2N3O6S. The van der Waals surface area contributed by atoms with Gasteiger partial charge < -0.3 is 26.2 Å². The molecular weight excluding hydrogens is 529 g/mol. The van der Waals surface area contributed by atoms with Crippen molar-refractivity contribution in [2.45, 2.75) is 19.0 Å². The van der Waals surface area contributed by atoms with Crippen molar-refractivity contribution in [1.82, 2.24) is 16.0 Å². The molecule has 0 aliphatic heterocycles. The van der Waals surface area contributed by atoms with E-state index < -0.39 is 29.7 Å². The van der Waals surface area contributed by atoms with Crippen LogP contribution in [0.2, 0.25) is 10.0 Å². The first-order valence-corrected chi connectivity index (χ1v) is 12.2. The fraction of sp³-hybridized carbons (Fsp3) is 0.167. The van der Waals surface area contributed by atoms with Crippen molar-refractivity contribution < 1.29 is 29.4 Å². The van der Waals surface area contributed by atoms with Gasteiger partial charge in [-0.15, -0.1) is 11.3 Å². The minimum absolute atomic E-state index is 0.0122. The zero-order valence-electron chi connectivity index (χ0n) is 18.6. The number of aliphatic carboxylic acids is 1. The smallest absolute Gasteiger partial charge is 0.326 e. The standard InChI is InChI=1S/C24H21Cl2N3O6S/c25-17-7-9-36-20(17)23(33)27-8-6-19(24(34)35)29-22(32)16-5-4-14(11-18(16)26)21(31)28-12-13-2-1-3-15(30)10-13/h1-5,7,9-11,19,30H,6,8,12H2,(H,27,33)(H,28,31)(H,29,32)(H,34,35)/t19-/m0/s1. The third-order valence-corrected chi connectivity index (χ3v) is 6.64. The third kappa shape index (κ3) is 7.20. The Morgan fingerprint density at radius 3 is 2.33 bits per heavy atom. The van der Waals surface area contributed by atoms with Crippen molar-refractivity contribution in [3.05, 3.63) is 85.5 Å². The molecule has 188 valence electrons. The van der Waals surface area contributed by atoms with E-state index in [2.05, 4.69) is 16.0 Å². The zero-order valence-corrected chi connectivity index (χ0v) is 20.9. The number of hydrogen-bond donors (Lipinski definition) is 5. The van der Waals surface area contributed by atoms with Gasteiger partial charge in [-0.3, -0.25) is 14.4 Å². The Bertz CT molecular complexity index is 1300. The summed E-state index contributed by atoms with van der Waals surface area (Å²) in [5.41, 5.74) is 0.878. The Balaban J connectivity index is 1.57. The molecule has 1 aromatic heterocycles. The van der Waals surface area contributed by atoms with Gasteiger partial charge in [0, 0.05) is 18.7 Å². The molecule has 0 saturated heterocycles. The normalized spacial score (nSPS) is 11.4. The second-order valence-corrected chi connectivity index (χ2v) is 9.28. The highest BCUT2D eigenvalue weighted by atomic mass is 35.5. The van der Waals surface area contributed by atoms with E-state index in [0.29, 0.717) is 15.5 Å². The van der Waals surface area contributed by atoms with E-state index in [4.69, 9.17) is 23.2 Å². The second-order valence-electron chi connectivity index (χ2n) is 7.55. The first-order chi connectivity index (χ1) is 17.2. The van der Waals surface area contributed by atoms with Gasteiger partial charge in [-0.05, 0) is 53.8 Å². The van der Waals surface area contributed by atoms with Crippen LogP contribution < -0.4 is 16.0 Å². The maximum Gasteiger partial charge on any atom is 0.326 e. The molecule has 0 spiro atoms. The third-order valence-electron chi connectivity index (χ3n) is 4.98. The molecule has 3 rings (SSSR count). The Labute approximate surface area is 220 Å². The fourth-order valence-corrected chi connectivity index (χ4v) is 4.47. The number of thiophene rings is 1. The highest BCUT2D eigenvalue weighted by Gasteiger charge is 2.23. The van der Waals surface area contributed by atoms with Crippen molar-refractivity contribution in [1.29, 1.82) is 0 Å². The maximum atomic E-state index is 12.6. The minimum atomic E-state index is -1.29. The van der Waals surface area contributed by atoms with Crippen LogP contribution in [0.15, 0.2) is 53.9 Å². The summed E-state index contributed by atoms with van der Waals surface area (Å²) < 4.78 is 0. The molecule has 12 heteroatoms. The number of halogens is 2. The van der Waals surface area contributed by atoms with E-state index >= 15 is 0 Å². The number of phenolic OH excluding ortho intramolecular Hbond substituents is 1. The summed E-state index contributed by atoms with van der Waals surface area (Å²) >= 11 is 13.3. The highest BCUT2D eigenvalue weighted by Crippen LogP contribution is 2.22. The Morgan fingerprint density at radius 1 is 0.917 bits per heavy atom. The van der Waals surface area contributed by atoms with Gasteiger partial charge in [-0.25, -0.2) is 4.79 Å². The summed E-state index contributed by atoms with van der Waals surface area (Å²) in [5.74, 6) is -2.84. The van der Waals surface area contributed by atoms with Gasteiger partial charge in [-0.1, -0.05) is 35.3 Å². The summed E-state index contributed by atoms with van der Waals surface area (Å²) in [7, 11) is 0. The Kier molecular flexibility index (Phi) is 9.29. The average molecular weight is 550 g/mol. The van der Waals surface area contributed by atoms with E-state index in [1.807, 2.05) is 0 Å². The first kappa shape index (κ1) is 27.0. The molecule has 0 fully saturated rings. The second kappa shape index (κ2) is 12.4. The molecule has 1 atom stereocenters. The van der Waals surface area contributed by atoms with Crippen LogP contribution in [0.1, 0.15) is 42.4 Å². The van der Waals surface area contributed by atoms with E-state index in [9.17, 15) is 29.4 Å². The highest BCUT2D eigenvalue weighted by molar-refractivity contribution is 7.12. The van der Waals surface area contributed by atoms with Crippen molar-refractivity contribution in [3.8, 4) is 5.75 Å². The lowest BCUT2D eigenvalue weighted by atomic mass is 10.1. The molecule has 0 saturated carbocycles. The number of rotatable bonds is 10.